The number of hydrogen-bond donors (Lipinski definition) is 1. The van der Waals surface area contributed by atoms with Crippen LogP contribution in [0.25, 0.3) is 16.8 Å². The molecule has 0 aliphatic carbocycles. The maximum absolute atomic E-state index is 11.5. The summed E-state index contributed by atoms with van der Waals surface area (Å²) in [4.78, 5) is 16.0. The van der Waals surface area contributed by atoms with Crippen LogP contribution >= 0.6 is 34.5 Å². The molecule has 0 atom stereocenters. The van der Waals surface area contributed by atoms with Crippen LogP contribution in [-0.4, -0.2) is 10.8 Å². The van der Waals surface area contributed by atoms with Gasteiger partial charge in [0.15, 0.2) is 5.78 Å². The molecular weight excluding hydrogens is 401 g/mol. The number of anilines is 1. The third-order valence-electron chi connectivity index (χ3n) is 3.72. The molecule has 3 aromatic rings. The average molecular weight is 414 g/mol. The molecule has 0 spiro atoms. The smallest absolute Gasteiger partial charge is 0.159 e. The van der Waals surface area contributed by atoms with Gasteiger partial charge in [-0.3, -0.25) is 4.79 Å². The minimum Gasteiger partial charge on any atom is -0.360 e. The lowest BCUT2D eigenvalue weighted by molar-refractivity contribution is 0.101. The Bertz CT molecular complexity index is 1080. The van der Waals surface area contributed by atoms with E-state index in [0.717, 1.165) is 11.3 Å². The van der Waals surface area contributed by atoms with Crippen molar-refractivity contribution < 1.29 is 4.79 Å². The fourth-order valence-electron chi connectivity index (χ4n) is 2.31. The maximum Gasteiger partial charge on any atom is 0.159 e. The number of Topliss-reactive ketones (excluding diaryl/α,β-unsaturated/α-hetero) is 1. The SMILES string of the molecule is CC(=O)c1cccc(NC=C(C#N)c2nc(-c3ccc(Cl)c(Cl)c3)cs2)c1. The van der Waals surface area contributed by atoms with Crippen molar-refractivity contribution in [2.45, 2.75) is 6.92 Å². The predicted octanol–water partition coefficient (Wildman–Crippen LogP) is 6.30. The highest BCUT2D eigenvalue weighted by Crippen LogP contribution is 2.30. The van der Waals surface area contributed by atoms with Gasteiger partial charge < -0.3 is 5.32 Å². The van der Waals surface area contributed by atoms with Gasteiger partial charge in [-0.05, 0) is 31.2 Å². The zero-order valence-corrected chi connectivity index (χ0v) is 16.5. The molecule has 0 aliphatic heterocycles. The Balaban J connectivity index is 1.84. The van der Waals surface area contributed by atoms with Crippen LogP contribution in [0.3, 0.4) is 0 Å². The first-order chi connectivity index (χ1) is 13.0. The molecule has 4 nitrogen and oxygen atoms in total. The van der Waals surface area contributed by atoms with E-state index in [1.54, 1.807) is 36.5 Å². The van der Waals surface area contributed by atoms with Crippen LogP contribution in [0.5, 0.6) is 0 Å². The number of nitrogens with one attached hydrogen (secondary N) is 1. The van der Waals surface area contributed by atoms with Crippen LogP contribution in [0.4, 0.5) is 5.69 Å². The molecule has 0 unspecified atom stereocenters. The van der Waals surface area contributed by atoms with Crippen LogP contribution < -0.4 is 5.32 Å². The Hall–Kier alpha value is -2.65. The number of thiazole rings is 1. The van der Waals surface area contributed by atoms with Crippen molar-refractivity contribution in [1.82, 2.24) is 4.98 Å². The summed E-state index contributed by atoms with van der Waals surface area (Å²) in [5, 5.41) is 15.9. The number of nitriles is 1. The summed E-state index contributed by atoms with van der Waals surface area (Å²) in [6, 6.07) is 14.5. The van der Waals surface area contributed by atoms with Crippen molar-refractivity contribution in [3.63, 3.8) is 0 Å². The number of benzene rings is 2. The summed E-state index contributed by atoms with van der Waals surface area (Å²) in [5.41, 5.74) is 3.25. The van der Waals surface area contributed by atoms with Crippen LogP contribution in [-0.2, 0) is 0 Å². The maximum atomic E-state index is 11.5. The molecule has 0 saturated carbocycles. The molecule has 3 rings (SSSR count). The topological polar surface area (TPSA) is 65.8 Å². The number of carbonyl (C=O) groups is 1. The quantitative estimate of drug-likeness (QED) is 0.393. The zero-order chi connectivity index (χ0) is 19.4. The third kappa shape index (κ3) is 4.55. The molecular formula is C20H13Cl2N3OS. The number of carbonyl (C=O) groups excluding carboxylic acids is 1. The lowest BCUT2D eigenvalue weighted by atomic mass is 10.1. The van der Waals surface area contributed by atoms with Gasteiger partial charge in [-0.15, -0.1) is 11.3 Å². The van der Waals surface area contributed by atoms with Crippen LogP contribution in [0.1, 0.15) is 22.3 Å². The number of nitrogens with zero attached hydrogens (tertiary/aromatic N) is 2. The Morgan fingerprint density at radius 2 is 2.04 bits per heavy atom. The Morgan fingerprint density at radius 1 is 1.22 bits per heavy atom. The van der Waals surface area contributed by atoms with E-state index in [1.807, 2.05) is 17.5 Å². The van der Waals surface area contributed by atoms with E-state index in [9.17, 15) is 10.1 Å². The first-order valence-corrected chi connectivity index (χ1v) is 9.50. The summed E-state index contributed by atoms with van der Waals surface area (Å²) >= 11 is 13.4. The van der Waals surface area contributed by atoms with Crippen LogP contribution in [0.15, 0.2) is 54.0 Å². The van der Waals surface area contributed by atoms with Crippen LogP contribution in [0.2, 0.25) is 10.0 Å². The number of hydrogen-bond acceptors (Lipinski definition) is 5. The van der Waals surface area contributed by atoms with Crippen molar-refractivity contribution in [2.24, 2.45) is 0 Å². The lowest BCUT2D eigenvalue weighted by Crippen LogP contribution is -1.95. The van der Waals surface area contributed by atoms with Gasteiger partial charge in [0.05, 0.1) is 15.7 Å². The lowest BCUT2D eigenvalue weighted by Gasteiger charge is -2.03. The molecule has 1 heterocycles. The van der Waals surface area contributed by atoms with Crippen molar-refractivity contribution >= 4 is 51.6 Å². The number of allylic oxidation sites excluding steroid dienone is 1. The summed E-state index contributed by atoms with van der Waals surface area (Å²) < 4.78 is 0. The number of ketones is 1. The molecule has 0 saturated heterocycles. The number of rotatable bonds is 5. The Morgan fingerprint density at radius 3 is 2.74 bits per heavy atom. The van der Waals surface area contributed by atoms with E-state index in [0.29, 0.717) is 31.9 Å². The molecule has 0 bridgehead atoms. The molecule has 0 radical (unpaired) electrons. The van der Waals surface area contributed by atoms with E-state index < -0.39 is 0 Å². The van der Waals surface area contributed by atoms with E-state index in [2.05, 4.69) is 16.4 Å². The van der Waals surface area contributed by atoms with Crippen LogP contribution in [0, 0.1) is 11.3 Å². The second-order valence-electron chi connectivity index (χ2n) is 5.62. The molecule has 7 heteroatoms. The van der Waals surface area contributed by atoms with Gasteiger partial charge in [-0.2, -0.15) is 5.26 Å². The largest absolute Gasteiger partial charge is 0.360 e. The summed E-state index contributed by atoms with van der Waals surface area (Å²) in [6.07, 6.45) is 1.58. The molecule has 0 fully saturated rings. The molecule has 1 N–H and O–H groups in total. The number of halogens is 2. The fraction of sp³-hybridized carbons (Fsp3) is 0.0500. The second kappa shape index (κ2) is 8.36. The highest BCUT2D eigenvalue weighted by Gasteiger charge is 2.10. The van der Waals surface area contributed by atoms with Crippen molar-refractivity contribution in [2.75, 3.05) is 5.32 Å². The number of aromatic nitrogens is 1. The molecule has 0 aliphatic rings. The van der Waals surface area contributed by atoms with Gasteiger partial charge in [0, 0.05) is 28.4 Å². The van der Waals surface area contributed by atoms with Gasteiger partial charge in [-0.1, -0.05) is 41.4 Å². The summed E-state index contributed by atoms with van der Waals surface area (Å²) in [7, 11) is 0. The van der Waals surface area contributed by atoms with E-state index in [1.165, 1.54) is 18.3 Å². The van der Waals surface area contributed by atoms with Crippen molar-refractivity contribution in [3.05, 3.63) is 74.7 Å². The van der Waals surface area contributed by atoms with Gasteiger partial charge in [0.2, 0.25) is 0 Å². The minimum absolute atomic E-state index is 0.0191. The molecule has 1 aromatic heterocycles. The monoisotopic (exact) mass is 413 g/mol. The second-order valence-corrected chi connectivity index (χ2v) is 7.29. The highest BCUT2D eigenvalue weighted by molar-refractivity contribution is 7.11. The van der Waals surface area contributed by atoms with Gasteiger partial charge in [-0.25, -0.2) is 4.98 Å². The average Bonchev–Trinajstić information content (AvgIpc) is 3.15. The first kappa shape index (κ1) is 19.1. The minimum atomic E-state index is -0.0191. The first-order valence-electron chi connectivity index (χ1n) is 7.87. The van der Waals surface area contributed by atoms with Gasteiger partial charge in [0.25, 0.3) is 0 Å². The highest BCUT2D eigenvalue weighted by atomic mass is 35.5. The molecule has 2 aromatic carbocycles. The predicted molar refractivity (Wildman–Crippen MR) is 111 cm³/mol. The van der Waals surface area contributed by atoms with E-state index in [-0.39, 0.29) is 5.78 Å². The molecule has 0 amide bonds. The van der Waals surface area contributed by atoms with Gasteiger partial charge >= 0.3 is 0 Å². The van der Waals surface area contributed by atoms with Crippen molar-refractivity contribution in [3.8, 4) is 17.3 Å². The summed E-state index contributed by atoms with van der Waals surface area (Å²) in [6.45, 7) is 1.51. The normalized spacial score (nSPS) is 11.1. The molecule has 134 valence electrons. The third-order valence-corrected chi connectivity index (χ3v) is 5.34. The summed E-state index contributed by atoms with van der Waals surface area (Å²) in [5.74, 6) is -0.0191. The molecule has 27 heavy (non-hydrogen) atoms. The standard InChI is InChI=1S/C20H13Cl2N3OS/c1-12(26)13-3-2-4-16(7-13)24-10-15(9-23)20-25-19(11-27-20)14-5-6-17(21)18(22)8-14/h2-8,10-11,24H,1H3. The van der Waals surface area contributed by atoms with Gasteiger partial charge in [0.1, 0.15) is 16.6 Å². The zero-order valence-electron chi connectivity index (χ0n) is 14.2. The fourth-order valence-corrected chi connectivity index (χ4v) is 3.40. The Kier molecular flexibility index (Phi) is 5.92. The van der Waals surface area contributed by atoms with E-state index in [4.69, 9.17) is 23.2 Å². The van der Waals surface area contributed by atoms with Crippen molar-refractivity contribution in [1.29, 1.82) is 5.26 Å². The van der Waals surface area contributed by atoms with E-state index >= 15 is 0 Å². The Labute approximate surface area is 170 Å².